The molecule has 0 unspecified atom stereocenters. The summed E-state index contributed by atoms with van der Waals surface area (Å²) >= 11 is 0. The minimum atomic E-state index is -3.61. The molecule has 0 radical (unpaired) electrons. The summed E-state index contributed by atoms with van der Waals surface area (Å²) in [5.41, 5.74) is 0. The van der Waals surface area contributed by atoms with Crippen LogP contribution in [0.5, 0.6) is 0 Å². The fourth-order valence-corrected chi connectivity index (χ4v) is 2.13. The summed E-state index contributed by atoms with van der Waals surface area (Å²) in [6.45, 7) is 2.94. The number of rotatable bonds is 8. The number of nitrogens with zero attached hydrogens (tertiary/aromatic N) is 2. The van der Waals surface area contributed by atoms with Crippen LogP contribution >= 0.6 is 0 Å². The summed E-state index contributed by atoms with van der Waals surface area (Å²) in [5, 5.41) is 8.97. The van der Waals surface area contributed by atoms with Crippen molar-refractivity contribution in [3.63, 3.8) is 0 Å². The first kappa shape index (κ1) is 14.2. The van der Waals surface area contributed by atoms with Gasteiger partial charge in [0.15, 0.2) is 0 Å². The van der Waals surface area contributed by atoms with Gasteiger partial charge in [0.05, 0.1) is 6.20 Å². The van der Waals surface area contributed by atoms with Gasteiger partial charge in [-0.3, -0.25) is 4.68 Å². The molecule has 98 valence electrons. The normalized spacial score (nSPS) is 11.9. The lowest BCUT2D eigenvalue weighted by molar-refractivity contribution is 0.526. The van der Waals surface area contributed by atoms with Crippen LogP contribution in [0.25, 0.3) is 0 Å². The van der Waals surface area contributed by atoms with E-state index < -0.39 is 10.0 Å². The molecular formula is C11H21N3O2S. The van der Waals surface area contributed by atoms with Crippen LogP contribution in [-0.2, 0) is 16.6 Å². The van der Waals surface area contributed by atoms with Crippen LogP contribution in [-0.4, -0.2) is 18.2 Å². The average Bonchev–Trinajstić information content (AvgIpc) is 2.71. The van der Waals surface area contributed by atoms with Crippen molar-refractivity contribution in [2.75, 3.05) is 0 Å². The quantitative estimate of drug-likeness (QED) is 0.724. The second-order valence-electron chi connectivity index (χ2n) is 4.25. The topological polar surface area (TPSA) is 78.0 Å². The molecule has 0 atom stereocenters. The Morgan fingerprint density at radius 1 is 1.24 bits per heavy atom. The van der Waals surface area contributed by atoms with Gasteiger partial charge in [-0.05, 0) is 6.42 Å². The van der Waals surface area contributed by atoms with Gasteiger partial charge < -0.3 is 0 Å². The Labute approximate surface area is 103 Å². The standard InChI is InChI=1S/C11H21N3O2S/c1-2-3-4-5-6-7-8-14-10-11(9-13-14)17(12,15)16/h9-10H,2-8H2,1H3,(H2,12,15,16). The summed E-state index contributed by atoms with van der Waals surface area (Å²) in [7, 11) is -3.61. The molecule has 0 saturated heterocycles. The largest absolute Gasteiger partial charge is 0.271 e. The number of aromatic nitrogens is 2. The maximum Gasteiger partial charge on any atom is 0.241 e. The van der Waals surface area contributed by atoms with Gasteiger partial charge in [0.25, 0.3) is 0 Å². The molecule has 17 heavy (non-hydrogen) atoms. The highest BCUT2D eigenvalue weighted by Crippen LogP contribution is 2.08. The van der Waals surface area contributed by atoms with E-state index in [0.29, 0.717) is 0 Å². The molecule has 1 aromatic rings. The lowest BCUT2D eigenvalue weighted by Gasteiger charge is -2.01. The molecule has 0 aromatic carbocycles. The van der Waals surface area contributed by atoms with Crippen molar-refractivity contribution in [2.45, 2.75) is 56.9 Å². The first-order valence-electron chi connectivity index (χ1n) is 6.09. The first-order valence-corrected chi connectivity index (χ1v) is 7.64. The van der Waals surface area contributed by atoms with Crippen LogP contribution in [0.4, 0.5) is 0 Å². The molecule has 1 heterocycles. The number of aryl methyl sites for hydroxylation is 1. The summed E-state index contributed by atoms with van der Waals surface area (Å²) in [4.78, 5) is 0.0866. The molecule has 2 N–H and O–H groups in total. The molecule has 0 saturated carbocycles. The zero-order chi connectivity index (χ0) is 12.7. The maximum atomic E-state index is 11.0. The molecule has 1 aromatic heterocycles. The number of nitrogens with two attached hydrogens (primary N) is 1. The molecule has 0 spiro atoms. The highest BCUT2D eigenvalue weighted by Gasteiger charge is 2.09. The lowest BCUT2D eigenvalue weighted by atomic mass is 10.1. The maximum absolute atomic E-state index is 11.0. The Kier molecular flexibility index (Phi) is 5.64. The number of primary sulfonamides is 1. The van der Waals surface area contributed by atoms with E-state index in [9.17, 15) is 8.42 Å². The molecule has 0 aliphatic carbocycles. The van der Waals surface area contributed by atoms with Crippen molar-refractivity contribution < 1.29 is 8.42 Å². The van der Waals surface area contributed by atoms with E-state index in [1.54, 1.807) is 4.68 Å². The van der Waals surface area contributed by atoms with Crippen LogP contribution in [0.1, 0.15) is 45.4 Å². The number of hydrogen-bond acceptors (Lipinski definition) is 3. The zero-order valence-electron chi connectivity index (χ0n) is 10.3. The molecule has 0 aliphatic heterocycles. The van der Waals surface area contributed by atoms with Crippen molar-refractivity contribution in [1.29, 1.82) is 0 Å². The fraction of sp³-hybridized carbons (Fsp3) is 0.727. The Bertz CT molecular complexity index is 426. The predicted molar refractivity (Wildman–Crippen MR) is 67.0 cm³/mol. The third-order valence-electron chi connectivity index (χ3n) is 2.68. The van der Waals surface area contributed by atoms with E-state index in [-0.39, 0.29) is 4.90 Å². The van der Waals surface area contributed by atoms with Gasteiger partial charge in [-0.1, -0.05) is 39.0 Å². The van der Waals surface area contributed by atoms with E-state index in [1.165, 1.54) is 38.1 Å². The van der Waals surface area contributed by atoms with Gasteiger partial charge in [0.2, 0.25) is 10.0 Å². The predicted octanol–water partition coefficient (Wildman–Crippen LogP) is 1.89. The average molecular weight is 259 g/mol. The third kappa shape index (κ3) is 5.32. The van der Waals surface area contributed by atoms with Crippen molar-refractivity contribution >= 4 is 10.0 Å². The molecule has 0 amide bonds. The van der Waals surface area contributed by atoms with Gasteiger partial charge in [-0.15, -0.1) is 0 Å². The van der Waals surface area contributed by atoms with Crippen LogP contribution in [0.15, 0.2) is 17.3 Å². The Morgan fingerprint density at radius 2 is 1.88 bits per heavy atom. The monoisotopic (exact) mass is 259 g/mol. The van der Waals surface area contributed by atoms with Crippen molar-refractivity contribution in [2.24, 2.45) is 5.14 Å². The van der Waals surface area contributed by atoms with E-state index in [1.807, 2.05) is 0 Å². The first-order chi connectivity index (χ1) is 8.04. The number of sulfonamides is 1. The third-order valence-corrected chi connectivity index (χ3v) is 3.55. The molecule has 6 heteroatoms. The lowest BCUT2D eigenvalue weighted by Crippen LogP contribution is -2.11. The fourth-order valence-electron chi connectivity index (χ4n) is 1.67. The van der Waals surface area contributed by atoms with Crippen molar-refractivity contribution in [3.05, 3.63) is 12.4 Å². The molecule has 1 rings (SSSR count). The highest BCUT2D eigenvalue weighted by molar-refractivity contribution is 7.89. The van der Waals surface area contributed by atoms with Gasteiger partial charge in [-0.25, -0.2) is 13.6 Å². The molecule has 0 bridgehead atoms. The summed E-state index contributed by atoms with van der Waals surface area (Å²) in [6, 6.07) is 0. The minimum absolute atomic E-state index is 0.0866. The molecular weight excluding hydrogens is 238 g/mol. The summed E-state index contributed by atoms with van der Waals surface area (Å²) in [5.74, 6) is 0. The van der Waals surface area contributed by atoms with E-state index in [2.05, 4.69) is 12.0 Å². The van der Waals surface area contributed by atoms with E-state index in [4.69, 9.17) is 5.14 Å². The van der Waals surface area contributed by atoms with E-state index in [0.717, 1.165) is 19.4 Å². The smallest absolute Gasteiger partial charge is 0.241 e. The zero-order valence-corrected chi connectivity index (χ0v) is 11.1. The Hall–Kier alpha value is -0.880. The Balaban J connectivity index is 2.26. The van der Waals surface area contributed by atoms with Gasteiger partial charge in [0.1, 0.15) is 4.90 Å². The minimum Gasteiger partial charge on any atom is -0.271 e. The molecule has 0 aliphatic rings. The summed E-state index contributed by atoms with van der Waals surface area (Å²) < 4.78 is 23.7. The van der Waals surface area contributed by atoms with Crippen LogP contribution in [0, 0.1) is 0 Å². The van der Waals surface area contributed by atoms with Crippen molar-refractivity contribution in [1.82, 2.24) is 9.78 Å². The molecule has 0 fully saturated rings. The van der Waals surface area contributed by atoms with Gasteiger partial charge in [-0.2, -0.15) is 5.10 Å². The van der Waals surface area contributed by atoms with Gasteiger partial charge >= 0.3 is 0 Å². The van der Waals surface area contributed by atoms with Crippen LogP contribution in [0.3, 0.4) is 0 Å². The highest BCUT2D eigenvalue weighted by atomic mass is 32.2. The Morgan fingerprint density at radius 3 is 2.47 bits per heavy atom. The van der Waals surface area contributed by atoms with Crippen molar-refractivity contribution in [3.8, 4) is 0 Å². The second-order valence-corrected chi connectivity index (χ2v) is 5.81. The second kappa shape index (κ2) is 6.76. The van der Waals surface area contributed by atoms with E-state index >= 15 is 0 Å². The van der Waals surface area contributed by atoms with Gasteiger partial charge in [0, 0.05) is 12.7 Å². The number of unbranched alkanes of at least 4 members (excludes halogenated alkanes) is 5. The number of hydrogen-bond donors (Lipinski definition) is 1. The van der Waals surface area contributed by atoms with Crippen LogP contribution < -0.4 is 5.14 Å². The van der Waals surface area contributed by atoms with Crippen LogP contribution in [0.2, 0.25) is 0 Å². The molecule has 5 nitrogen and oxygen atoms in total. The SMILES string of the molecule is CCCCCCCCn1cc(S(N)(=O)=O)cn1. The summed E-state index contributed by atoms with van der Waals surface area (Å²) in [6.07, 6.45) is 10.0.